The monoisotopic (exact) mass is 305 g/mol. The molecule has 0 aliphatic rings. The molecule has 0 radical (unpaired) electrons. The topological polar surface area (TPSA) is 26.0 Å². The van der Waals surface area contributed by atoms with Crippen molar-refractivity contribution in [3.8, 4) is 0 Å². The lowest BCUT2D eigenvalue weighted by Crippen LogP contribution is -2.13. The Balaban J connectivity index is 2.17. The van der Waals surface area contributed by atoms with E-state index < -0.39 is 0 Å². The third kappa shape index (κ3) is 3.36. The van der Waals surface area contributed by atoms with Crippen LogP contribution in [0.25, 0.3) is 0 Å². The molecule has 2 rings (SSSR count). The van der Waals surface area contributed by atoms with Gasteiger partial charge in [-0.25, -0.2) is 0 Å². The summed E-state index contributed by atoms with van der Waals surface area (Å²) in [5.74, 6) is 0. The van der Waals surface area contributed by atoms with Crippen LogP contribution in [0.5, 0.6) is 0 Å². The van der Waals surface area contributed by atoms with E-state index in [0.717, 1.165) is 21.2 Å². The van der Waals surface area contributed by atoms with Crippen molar-refractivity contribution in [2.24, 2.45) is 5.73 Å². The van der Waals surface area contributed by atoms with E-state index in [1.54, 1.807) is 12.1 Å². The van der Waals surface area contributed by atoms with Gasteiger partial charge in [-0.2, -0.15) is 0 Å². The van der Waals surface area contributed by atoms with Crippen molar-refractivity contribution < 1.29 is 0 Å². The van der Waals surface area contributed by atoms with E-state index in [1.807, 2.05) is 18.2 Å². The van der Waals surface area contributed by atoms with Crippen LogP contribution >= 0.6 is 46.1 Å². The van der Waals surface area contributed by atoms with Crippen molar-refractivity contribution in [1.82, 2.24) is 0 Å². The highest BCUT2D eigenvalue weighted by Crippen LogP contribution is 2.29. The van der Waals surface area contributed by atoms with E-state index in [1.165, 1.54) is 11.3 Å². The van der Waals surface area contributed by atoms with Crippen LogP contribution in [0.3, 0.4) is 0 Å². The highest BCUT2D eigenvalue weighted by molar-refractivity contribution is 7.16. The van der Waals surface area contributed by atoms with Gasteiger partial charge in [-0.3, -0.25) is 0 Å². The van der Waals surface area contributed by atoms with Gasteiger partial charge in [0.1, 0.15) is 0 Å². The summed E-state index contributed by atoms with van der Waals surface area (Å²) in [6, 6.07) is 9.08. The average Bonchev–Trinajstić information content (AvgIpc) is 2.63. The van der Waals surface area contributed by atoms with Crippen LogP contribution in [0.4, 0.5) is 0 Å². The predicted molar refractivity (Wildman–Crippen MR) is 76.4 cm³/mol. The fourth-order valence-electron chi connectivity index (χ4n) is 1.59. The minimum absolute atomic E-state index is 0.144. The zero-order valence-electron chi connectivity index (χ0n) is 8.79. The molecular weight excluding hydrogens is 297 g/mol. The van der Waals surface area contributed by atoms with Crippen molar-refractivity contribution in [1.29, 1.82) is 0 Å². The Bertz CT molecular complexity index is 524. The molecule has 0 fully saturated rings. The second-order valence-corrected chi connectivity index (χ2v) is 6.33. The molecule has 1 aromatic carbocycles. The van der Waals surface area contributed by atoms with Gasteiger partial charge in [0.25, 0.3) is 0 Å². The maximum absolute atomic E-state index is 6.12. The van der Waals surface area contributed by atoms with Crippen molar-refractivity contribution in [3.63, 3.8) is 0 Å². The Morgan fingerprint density at radius 2 is 1.88 bits per heavy atom. The third-order valence-electron chi connectivity index (χ3n) is 2.41. The largest absolute Gasteiger partial charge is 0.324 e. The molecule has 0 spiro atoms. The summed E-state index contributed by atoms with van der Waals surface area (Å²) in [6.07, 6.45) is 0.721. The van der Waals surface area contributed by atoms with Crippen molar-refractivity contribution >= 4 is 46.1 Å². The second-order valence-electron chi connectivity index (χ2n) is 3.68. The first kappa shape index (κ1) is 13.2. The van der Waals surface area contributed by atoms with Gasteiger partial charge >= 0.3 is 0 Å². The number of hydrogen-bond acceptors (Lipinski definition) is 2. The number of rotatable bonds is 3. The molecule has 2 N–H and O–H groups in total. The lowest BCUT2D eigenvalue weighted by Gasteiger charge is -2.12. The average molecular weight is 307 g/mol. The van der Waals surface area contributed by atoms with E-state index >= 15 is 0 Å². The van der Waals surface area contributed by atoms with Gasteiger partial charge < -0.3 is 5.73 Å². The van der Waals surface area contributed by atoms with Crippen LogP contribution in [0, 0.1) is 0 Å². The molecule has 0 saturated heterocycles. The number of halogens is 3. The van der Waals surface area contributed by atoms with E-state index in [4.69, 9.17) is 40.5 Å². The van der Waals surface area contributed by atoms with E-state index in [9.17, 15) is 0 Å². The first-order valence-corrected chi connectivity index (χ1v) is 6.96. The molecule has 1 aromatic heterocycles. The molecule has 17 heavy (non-hydrogen) atoms. The summed E-state index contributed by atoms with van der Waals surface area (Å²) in [6.45, 7) is 0. The molecule has 1 nitrogen and oxygen atoms in total. The van der Waals surface area contributed by atoms with E-state index in [2.05, 4.69) is 0 Å². The smallest absolute Gasteiger partial charge is 0.0931 e. The molecule has 0 amide bonds. The fraction of sp³-hybridized carbons (Fsp3) is 0.167. The summed E-state index contributed by atoms with van der Waals surface area (Å²) in [4.78, 5) is 1.15. The molecule has 0 aliphatic carbocycles. The molecule has 1 unspecified atom stereocenters. The summed E-state index contributed by atoms with van der Waals surface area (Å²) in [5.41, 5.74) is 7.03. The van der Waals surface area contributed by atoms with Gasteiger partial charge in [0.15, 0.2) is 0 Å². The SMILES string of the molecule is NC(Cc1ccc(Cl)s1)c1ccc(Cl)cc1Cl. The van der Waals surface area contributed by atoms with E-state index in [-0.39, 0.29) is 6.04 Å². The van der Waals surface area contributed by atoms with Gasteiger partial charge in [-0.1, -0.05) is 40.9 Å². The Morgan fingerprint density at radius 1 is 1.12 bits per heavy atom. The zero-order chi connectivity index (χ0) is 12.4. The second kappa shape index (κ2) is 5.59. The first-order chi connectivity index (χ1) is 8.06. The lowest BCUT2D eigenvalue weighted by molar-refractivity contribution is 0.730. The molecule has 5 heteroatoms. The van der Waals surface area contributed by atoms with Gasteiger partial charge in [-0.15, -0.1) is 11.3 Å². The zero-order valence-corrected chi connectivity index (χ0v) is 11.9. The van der Waals surface area contributed by atoms with Crippen molar-refractivity contribution in [2.75, 3.05) is 0 Å². The molecule has 0 bridgehead atoms. The predicted octanol–water partition coefficient (Wildman–Crippen LogP) is 4.95. The Labute approximate surface area is 119 Å². The summed E-state index contributed by atoms with van der Waals surface area (Å²) >= 11 is 19.4. The van der Waals surface area contributed by atoms with Crippen LogP contribution < -0.4 is 5.73 Å². The molecular formula is C12H10Cl3NS. The molecule has 2 aromatic rings. The number of thiophene rings is 1. The van der Waals surface area contributed by atoms with E-state index in [0.29, 0.717) is 10.0 Å². The molecule has 0 aliphatic heterocycles. The van der Waals surface area contributed by atoms with Gasteiger partial charge in [-0.05, 0) is 29.8 Å². The van der Waals surface area contributed by atoms with Gasteiger partial charge in [0.05, 0.1) is 4.34 Å². The molecule has 0 saturated carbocycles. The maximum atomic E-state index is 6.12. The van der Waals surface area contributed by atoms with Crippen molar-refractivity contribution in [2.45, 2.75) is 12.5 Å². The van der Waals surface area contributed by atoms with Crippen LogP contribution in [-0.2, 0) is 6.42 Å². The highest BCUT2D eigenvalue weighted by atomic mass is 35.5. The summed E-state index contributed by atoms with van der Waals surface area (Å²) in [5, 5.41) is 1.22. The van der Waals surface area contributed by atoms with Gasteiger partial charge in [0, 0.05) is 27.4 Å². The van der Waals surface area contributed by atoms with Crippen LogP contribution in [-0.4, -0.2) is 0 Å². The van der Waals surface area contributed by atoms with Crippen LogP contribution in [0.2, 0.25) is 14.4 Å². The third-order valence-corrected chi connectivity index (χ3v) is 4.23. The Hall–Kier alpha value is -0.250. The number of hydrogen-bond donors (Lipinski definition) is 1. The van der Waals surface area contributed by atoms with Gasteiger partial charge in [0.2, 0.25) is 0 Å². The minimum Gasteiger partial charge on any atom is -0.324 e. The van der Waals surface area contributed by atoms with Crippen LogP contribution in [0.15, 0.2) is 30.3 Å². The normalized spacial score (nSPS) is 12.7. The maximum Gasteiger partial charge on any atom is 0.0931 e. The molecule has 1 heterocycles. The standard InChI is InChI=1S/C12H10Cl3NS/c13-7-1-3-9(10(14)5-7)11(16)6-8-2-4-12(15)17-8/h1-5,11H,6,16H2. The molecule has 90 valence electrons. The first-order valence-electron chi connectivity index (χ1n) is 5.01. The molecule has 1 atom stereocenters. The highest BCUT2D eigenvalue weighted by Gasteiger charge is 2.12. The number of benzene rings is 1. The van der Waals surface area contributed by atoms with Crippen molar-refractivity contribution in [3.05, 3.63) is 55.2 Å². The summed E-state index contributed by atoms with van der Waals surface area (Å²) in [7, 11) is 0. The Morgan fingerprint density at radius 3 is 2.47 bits per heavy atom. The Kier molecular flexibility index (Phi) is 4.34. The fourth-order valence-corrected chi connectivity index (χ4v) is 3.28. The minimum atomic E-state index is -0.144. The lowest BCUT2D eigenvalue weighted by atomic mass is 10.0. The quantitative estimate of drug-likeness (QED) is 0.853. The summed E-state index contributed by atoms with van der Waals surface area (Å²) < 4.78 is 0.773. The van der Waals surface area contributed by atoms with Crippen LogP contribution in [0.1, 0.15) is 16.5 Å². The number of nitrogens with two attached hydrogens (primary N) is 1.